The molecule has 0 bridgehead atoms. The summed E-state index contributed by atoms with van der Waals surface area (Å²) in [6, 6.07) is 20.7. The summed E-state index contributed by atoms with van der Waals surface area (Å²) in [4.78, 5) is 25.7. The topological polar surface area (TPSA) is 96.0 Å². The summed E-state index contributed by atoms with van der Waals surface area (Å²) in [7, 11) is 0. The first-order valence-electron chi connectivity index (χ1n) is 10.8. The number of urea groups is 1. The van der Waals surface area contributed by atoms with E-state index in [1.165, 1.54) is 11.3 Å². The summed E-state index contributed by atoms with van der Waals surface area (Å²) >= 11 is 1.19. The van der Waals surface area contributed by atoms with Crippen molar-refractivity contribution in [2.75, 3.05) is 10.6 Å². The maximum atomic E-state index is 13.1. The van der Waals surface area contributed by atoms with Gasteiger partial charge in [-0.1, -0.05) is 72.0 Å². The average molecular weight is 512 g/mol. The predicted octanol–water partition coefficient (Wildman–Crippen LogP) is 5.60. The molecule has 184 valence electrons. The molecule has 1 aromatic heterocycles. The lowest BCUT2D eigenvalue weighted by Gasteiger charge is -2.18. The zero-order valence-electron chi connectivity index (χ0n) is 18.6. The minimum absolute atomic E-state index is 0.149. The predicted molar refractivity (Wildman–Crippen MR) is 132 cm³/mol. The third-order valence-electron chi connectivity index (χ3n) is 5.05. The van der Waals surface area contributed by atoms with Gasteiger partial charge in [-0.2, -0.15) is 13.2 Å². The van der Waals surface area contributed by atoms with Gasteiger partial charge in [0.2, 0.25) is 11.0 Å². The van der Waals surface area contributed by atoms with Crippen molar-refractivity contribution in [2.24, 2.45) is 0 Å². The smallest absolute Gasteiger partial charge is 0.326 e. The van der Waals surface area contributed by atoms with Gasteiger partial charge < -0.3 is 10.6 Å². The Morgan fingerprint density at radius 3 is 2.11 bits per heavy atom. The van der Waals surface area contributed by atoms with Crippen LogP contribution in [0.5, 0.6) is 0 Å². The Hall–Kier alpha value is -4.25. The molecule has 4 rings (SSSR count). The van der Waals surface area contributed by atoms with E-state index >= 15 is 0 Å². The van der Waals surface area contributed by atoms with Crippen LogP contribution in [0.15, 0.2) is 84.9 Å². The quantitative estimate of drug-likeness (QED) is 0.301. The lowest BCUT2D eigenvalue weighted by atomic mass is 10.1. The fourth-order valence-electron chi connectivity index (χ4n) is 3.29. The van der Waals surface area contributed by atoms with Gasteiger partial charge in [-0.25, -0.2) is 4.79 Å². The molecule has 0 radical (unpaired) electrons. The molecule has 36 heavy (non-hydrogen) atoms. The number of anilines is 2. The van der Waals surface area contributed by atoms with Crippen LogP contribution in [0.2, 0.25) is 0 Å². The summed E-state index contributed by atoms with van der Waals surface area (Å²) in [6.45, 7) is 0. The second kappa shape index (κ2) is 11.0. The SMILES string of the molecule is O=C(Nc1ccc(C(F)(F)F)cc1)NC(Cc1ccccc1)C(=O)Nc1nnc(-c2ccccc2)s1. The number of carbonyl (C=O) groups excluding carboxylic acids is 2. The van der Waals surface area contributed by atoms with E-state index in [0.717, 1.165) is 35.4 Å². The van der Waals surface area contributed by atoms with Gasteiger partial charge in [0.25, 0.3) is 0 Å². The van der Waals surface area contributed by atoms with Crippen molar-refractivity contribution in [1.29, 1.82) is 0 Å². The van der Waals surface area contributed by atoms with Crippen molar-refractivity contribution in [3.63, 3.8) is 0 Å². The first-order valence-corrected chi connectivity index (χ1v) is 11.6. The highest BCUT2D eigenvalue weighted by atomic mass is 32.1. The zero-order valence-corrected chi connectivity index (χ0v) is 19.4. The number of aromatic nitrogens is 2. The van der Waals surface area contributed by atoms with E-state index < -0.39 is 29.7 Å². The molecule has 1 heterocycles. The molecule has 0 fully saturated rings. The molecule has 4 aromatic rings. The average Bonchev–Trinajstić information content (AvgIpc) is 3.33. The Kier molecular flexibility index (Phi) is 7.59. The molecule has 0 aliphatic carbocycles. The number of nitrogens with one attached hydrogen (secondary N) is 3. The van der Waals surface area contributed by atoms with Crippen LogP contribution >= 0.6 is 11.3 Å². The fraction of sp³-hybridized carbons (Fsp3) is 0.120. The van der Waals surface area contributed by atoms with E-state index in [1.54, 1.807) is 0 Å². The minimum atomic E-state index is -4.48. The zero-order chi connectivity index (χ0) is 25.5. The molecule has 0 spiro atoms. The van der Waals surface area contributed by atoms with Crippen molar-refractivity contribution in [3.05, 3.63) is 96.1 Å². The number of amides is 3. The summed E-state index contributed by atoms with van der Waals surface area (Å²) in [5, 5.41) is 16.7. The van der Waals surface area contributed by atoms with Gasteiger partial charge in [0, 0.05) is 17.7 Å². The first-order chi connectivity index (χ1) is 17.3. The van der Waals surface area contributed by atoms with Crippen molar-refractivity contribution >= 4 is 34.1 Å². The number of benzene rings is 3. The Morgan fingerprint density at radius 1 is 0.833 bits per heavy atom. The van der Waals surface area contributed by atoms with Crippen LogP contribution in [0.25, 0.3) is 10.6 Å². The van der Waals surface area contributed by atoms with E-state index in [2.05, 4.69) is 26.1 Å². The Morgan fingerprint density at radius 2 is 1.47 bits per heavy atom. The molecule has 1 atom stereocenters. The highest BCUT2D eigenvalue weighted by Crippen LogP contribution is 2.30. The summed E-state index contributed by atoms with van der Waals surface area (Å²) in [5.74, 6) is -0.516. The van der Waals surface area contributed by atoms with Gasteiger partial charge in [-0.3, -0.25) is 10.1 Å². The van der Waals surface area contributed by atoms with E-state index in [1.807, 2.05) is 60.7 Å². The number of carbonyl (C=O) groups is 2. The van der Waals surface area contributed by atoms with Gasteiger partial charge in [0.1, 0.15) is 11.0 Å². The van der Waals surface area contributed by atoms with E-state index in [9.17, 15) is 22.8 Å². The molecule has 0 aliphatic heterocycles. The monoisotopic (exact) mass is 511 g/mol. The van der Waals surface area contributed by atoms with E-state index in [0.29, 0.717) is 5.01 Å². The van der Waals surface area contributed by atoms with E-state index in [4.69, 9.17) is 0 Å². The van der Waals surface area contributed by atoms with Gasteiger partial charge in [-0.15, -0.1) is 10.2 Å². The van der Waals surface area contributed by atoms with E-state index in [-0.39, 0.29) is 17.2 Å². The Balaban J connectivity index is 1.45. The van der Waals surface area contributed by atoms with Crippen molar-refractivity contribution < 1.29 is 22.8 Å². The molecule has 0 saturated heterocycles. The van der Waals surface area contributed by atoms with Crippen molar-refractivity contribution in [2.45, 2.75) is 18.6 Å². The largest absolute Gasteiger partial charge is 0.416 e. The number of halogens is 3. The summed E-state index contributed by atoms with van der Waals surface area (Å²) in [6.07, 6.45) is -4.30. The van der Waals surface area contributed by atoms with Crippen LogP contribution < -0.4 is 16.0 Å². The van der Waals surface area contributed by atoms with Crippen LogP contribution in [0.3, 0.4) is 0 Å². The first kappa shape index (κ1) is 24.9. The molecule has 1 unspecified atom stereocenters. The highest BCUT2D eigenvalue weighted by Gasteiger charge is 2.30. The standard InChI is InChI=1S/C25H20F3N5O2S/c26-25(27,28)18-11-13-19(14-12-18)29-23(35)30-20(15-16-7-3-1-4-8-16)21(34)31-24-33-32-22(36-24)17-9-5-2-6-10-17/h1-14,20H,15H2,(H2,29,30,35)(H,31,33,34). The molecule has 0 saturated carbocycles. The number of nitrogens with zero attached hydrogens (tertiary/aromatic N) is 2. The maximum absolute atomic E-state index is 13.1. The molecule has 7 nitrogen and oxygen atoms in total. The van der Waals surface area contributed by atoms with Crippen LogP contribution in [-0.2, 0) is 17.4 Å². The molecular formula is C25H20F3N5O2S. The number of hydrogen-bond acceptors (Lipinski definition) is 5. The molecule has 3 N–H and O–H groups in total. The molecule has 0 aliphatic rings. The van der Waals surface area contributed by atoms with Crippen LogP contribution in [0.4, 0.5) is 28.8 Å². The minimum Gasteiger partial charge on any atom is -0.326 e. The van der Waals surface area contributed by atoms with Crippen molar-refractivity contribution in [3.8, 4) is 10.6 Å². The summed E-state index contributed by atoms with van der Waals surface area (Å²) < 4.78 is 38.3. The van der Waals surface area contributed by atoms with Crippen LogP contribution in [0.1, 0.15) is 11.1 Å². The van der Waals surface area contributed by atoms with Gasteiger partial charge >= 0.3 is 12.2 Å². The molecule has 11 heteroatoms. The second-order valence-corrected chi connectivity index (χ2v) is 8.66. The van der Waals surface area contributed by atoms with Crippen LogP contribution in [-0.4, -0.2) is 28.2 Å². The van der Waals surface area contributed by atoms with Gasteiger partial charge in [0.15, 0.2) is 0 Å². The van der Waals surface area contributed by atoms with Crippen LogP contribution in [0, 0.1) is 0 Å². The normalized spacial score (nSPS) is 12.0. The number of rotatable bonds is 7. The Labute approximate surface area is 208 Å². The third-order valence-corrected chi connectivity index (χ3v) is 5.94. The fourth-order valence-corrected chi connectivity index (χ4v) is 4.04. The second-order valence-electron chi connectivity index (χ2n) is 7.68. The third kappa shape index (κ3) is 6.66. The molecule has 3 aromatic carbocycles. The van der Waals surface area contributed by atoms with Gasteiger partial charge in [-0.05, 0) is 29.8 Å². The summed E-state index contributed by atoms with van der Waals surface area (Å²) in [5.41, 5.74) is 0.970. The molecule has 3 amide bonds. The Bertz CT molecular complexity index is 1310. The van der Waals surface area contributed by atoms with Crippen molar-refractivity contribution in [1.82, 2.24) is 15.5 Å². The van der Waals surface area contributed by atoms with Gasteiger partial charge in [0.05, 0.1) is 5.56 Å². The number of hydrogen-bond donors (Lipinski definition) is 3. The number of alkyl halides is 3. The maximum Gasteiger partial charge on any atom is 0.416 e. The lowest BCUT2D eigenvalue weighted by molar-refractivity contribution is -0.137. The lowest BCUT2D eigenvalue weighted by Crippen LogP contribution is -2.46. The molecular weight excluding hydrogens is 491 g/mol. The highest BCUT2D eigenvalue weighted by molar-refractivity contribution is 7.18.